The zero-order valence-electron chi connectivity index (χ0n) is 21.5. The van der Waals surface area contributed by atoms with Crippen LogP contribution < -0.4 is 16.4 Å². The maximum Gasteiger partial charge on any atom is 0.305 e. The van der Waals surface area contributed by atoms with E-state index in [0.29, 0.717) is 32.7 Å². The number of ether oxygens (including phenoxy) is 2. The number of nitrogens with one attached hydrogen (secondary N) is 2. The topological polar surface area (TPSA) is 137 Å². The van der Waals surface area contributed by atoms with E-state index in [9.17, 15) is 19.2 Å². The molecule has 9 heteroatoms. The fraction of sp³-hybridized carbons (Fsp3) is 0.840. The van der Waals surface area contributed by atoms with Crippen LogP contribution in [0.2, 0.25) is 0 Å². The molecule has 0 aliphatic heterocycles. The Morgan fingerprint density at radius 3 is 1.68 bits per heavy atom. The van der Waals surface area contributed by atoms with E-state index < -0.39 is 6.04 Å². The van der Waals surface area contributed by atoms with Crippen molar-refractivity contribution in [3.8, 4) is 0 Å². The van der Waals surface area contributed by atoms with Crippen LogP contribution >= 0.6 is 0 Å². The summed E-state index contributed by atoms with van der Waals surface area (Å²) in [4.78, 5) is 47.3. The summed E-state index contributed by atoms with van der Waals surface area (Å²) in [5.41, 5.74) is 5.83. The summed E-state index contributed by atoms with van der Waals surface area (Å²) in [5.74, 6) is -1.08. The minimum absolute atomic E-state index is 0.0446. The van der Waals surface area contributed by atoms with Crippen LogP contribution in [-0.4, -0.2) is 56.1 Å². The lowest BCUT2D eigenvalue weighted by atomic mass is 10.0. The summed E-state index contributed by atoms with van der Waals surface area (Å²) in [6.45, 7) is 7.86. The molecule has 0 aliphatic carbocycles. The fourth-order valence-electron chi connectivity index (χ4n) is 3.01. The molecule has 0 aliphatic rings. The average molecular weight is 486 g/mol. The third kappa shape index (κ3) is 18.3. The van der Waals surface area contributed by atoms with Crippen molar-refractivity contribution in [2.24, 2.45) is 11.7 Å². The van der Waals surface area contributed by atoms with Gasteiger partial charge in [-0.1, -0.05) is 46.5 Å². The normalized spacial score (nSPS) is 12.5. The zero-order chi connectivity index (χ0) is 25.6. The van der Waals surface area contributed by atoms with Gasteiger partial charge in [-0.3, -0.25) is 19.2 Å². The van der Waals surface area contributed by atoms with Crippen molar-refractivity contribution < 1.29 is 28.7 Å². The van der Waals surface area contributed by atoms with E-state index in [1.807, 2.05) is 20.8 Å². The number of rotatable bonds is 21. The first-order valence-electron chi connectivity index (χ1n) is 12.9. The minimum Gasteiger partial charge on any atom is -0.466 e. The SMILES string of the molecule is CCCCOC(=O)CC[C@H](C)C(=O)NCCCCCCNC(=O)[C@@H](N)CCC(=O)OCCCC. The second kappa shape index (κ2) is 21.4. The quantitative estimate of drug-likeness (QED) is 0.168. The standard InChI is InChI=1S/C25H47N3O6/c1-4-6-18-33-22(29)14-12-20(3)24(31)27-16-10-8-9-11-17-28-25(32)21(26)13-15-23(30)34-19-7-5-2/h20-21H,4-19,26H2,1-3H3,(H,27,31)(H,28,32)/t20-,21-/m0/s1. The zero-order valence-corrected chi connectivity index (χ0v) is 21.5. The molecule has 0 radical (unpaired) electrons. The Labute approximate surface area is 205 Å². The molecule has 0 rings (SSSR count). The number of hydrogen-bond acceptors (Lipinski definition) is 7. The highest BCUT2D eigenvalue weighted by Gasteiger charge is 2.16. The third-order valence-corrected chi connectivity index (χ3v) is 5.45. The lowest BCUT2D eigenvalue weighted by molar-refractivity contribution is -0.145. The van der Waals surface area contributed by atoms with Crippen LogP contribution in [0.5, 0.6) is 0 Å². The predicted molar refractivity (Wildman–Crippen MR) is 132 cm³/mol. The maximum absolute atomic E-state index is 12.1. The number of nitrogens with two attached hydrogens (primary N) is 1. The summed E-state index contributed by atoms with van der Waals surface area (Å²) in [6, 6.07) is -0.714. The van der Waals surface area contributed by atoms with E-state index in [1.165, 1.54) is 0 Å². The number of carbonyl (C=O) groups excluding carboxylic acids is 4. The van der Waals surface area contributed by atoms with Crippen molar-refractivity contribution in [3.63, 3.8) is 0 Å². The summed E-state index contributed by atoms with van der Waals surface area (Å²) in [5, 5.41) is 5.70. The number of amides is 2. The predicted octanol–water partition coefficient (Wildman–Crippen LogP) is 2.99. The first-order valence-corrected chi connectivity index (χ1v) is 12.9. The summed E-state index contributed by atoms with van der Waals surface area (Å²) in [7, 11) is 0. The Morgan fingerprint density at radius 1 is 0.706 bits per heavy atom. The van der Waals surface area contributed by atoms with Gasteiger partial charge in [0.1, 0.15) is 0 Å². The van der Waals surface area contributed by atoms with Gasteiger partial charge in [0.25, 0.3) is 0 Å². The molecule has 0 aromatic heterocycles. The van der Waals surface area contributed by atoms with E-state index in [2.05, 4.69) is 10.6 Å². The Hall–Kier alpha value is -2.16. The molecule has 9 nitrogen and oxygen atoms in total. The first-order chi connectivity index (χ1) is 16.3. The minimum atomic E-state index is -0.714. The van der Waals surface area contributed by atoms with Gasteiger partial charge in [-0.2, -0.15) is 0 Å². The van der Waals surface area contributed by atoms with Crippen LogP contribution in [0.3, 0.4) is 0 Å². The van der Waals surface area contributed by atoms with Crippen molar-refractivity contribution in [1.29, 1.82) is 0 Å². The maximum atomic E-state index is 12.1. The first kappa shape index (κ1) is 31.8. The Bertz CT molecular complexity index is 535. The lowest BCUT2D eigenvalue weighted by Gasteiger charge is -2.13. The molecule has 34 heavy (non-hydrogen) atoms. The molecular formula is C25H47N3O6. The van der Waals surface area contributed by atoms with Gasteiger partial charge in [-0.05, 0) is 38.5 Å². The monoisotopic (exact) mass is 485 g/mol. The summed E-state index contributed by atoms with van der Waals surface area (Å²) < 4.78 is 10.2. The van der Waals surface area contributed by atoms with E-state index in [-0.39, 0.29) is 48.9 Å². The lowest BCUT2D eigenvalue weighted by Crippen LogP contribution is -2.41. The smallest absolute Gasteiger partial charge is 0.305 e. The Morgan fingerprint density at radius 2 is 1.18 bits per heavy atom. The number of esters is 2. The van der Waals surface area contributed by atoms with Gasteiger partial charge in [0.05, 0.1) is 19.3 Å². The third-order valence-electron chi connectivity index (χ3n) is 5.45. The second-order valence-electron chi connectivity index (χ2n) is 8.73. The highest BCUT2D eigenvalue weighted by Crippen LogP contribution is 2.08. The molecule has 198 valence electrons. The van der Waals surface area contributed by atoms with Crippen LogP contribution in [0.4, 0.5) is 0 Å². The van der Waals surface area contributed by atoms with E-state index in [4.69, 9.17) is 15.2 Å². The van der Waals surface area contributed by atoms with Crippen molar-refractivity contribution >= 4 is 23.8 Å². The number of carbonyl (C=O) groups is 4. The van der Waals surface area contributed by atoms with Crippen LogP contribution in [0.15, 0.2) is 0 Å². The van der Waals surface area contributed by atoms with E-state index in [1.54, 1.807) is 0 Å². The molecule has 4 N–H and O–H groups in total. The van der Waals surface area contributed by atoms with Crippen molar-refractivity contribution in [1.82, 2.24) is 10.6 Å². The Kier molecular flexibility index (Phi) is 20.0. The largest absolute Gasteiger partial charge is 0.466 e. The van der Waals surface area contributed by atoms with E-state index in [0.717, 1.165) is 51.4 Å². The molecule has 0 heterocycles. The molecule has 2 atom stereocenters. The van der Waals surface area contributed by atoms with E-state index >= 15 is 0 Å². The van der Waals surface area contributed by atoms with Crippen molar-refractivity contribution in [2.45, 2.75) is 104 Å². The van der Waals surface area contributed by atoms with Gasteiger partial charge >= 0.3 is 11.9 Å². The summed E-state index contributed by atoms with van der Waals surface area (Å²) in [6.07, 6.45) is 8.33. The number of unbranched alkanes of at least 4 members (excludes halogenated alkanes) is 5. The number of hydrogen-bond donors (Lipinski definition) is 3. The van der Waals surface area contributed by atoms with Crippen LogP contribution in [0, 0.1) is 5.92 Å². The summed E-state index contributed by atoms with van der Waals surface area (Å²) >= 11 is 0. The second-order valence-corrected chi connectivity index (χ2v) is 8.73. The van der Waals surface area contributed by atoms with Crippen molar-refractivity contribution in [2.75, 3.05) is 26.3 Å². The van der Waals surface area contributed by atoms with Gasteiger partial charge < -0.3 is 25.8 Å². The van der Waals surface area contributed by atoms with Gasteiger partial charge in [0.15, 0.2) is 0 Å². The molecule has 2 amide bonds. The van der Waals surface area contributed by atoms with Crippen LogP contribution in [0.25, 0.3) is 0 Å². The van der Waals surface area contributed by atoms with Gasteiger partial charge in [0.2, 0.25) is 11.8 Å². The molecule has 0 saturated carbocycles. The fourth-order valence-corrected chi connectivity index (χ4v) is 3.01. The molecule has 0 saturated heterocycles. The molecule has 0 bridgehead atoms. The molecule has 0 aromatic rings. The average Bonchev–Trinajstić information content (AvgIpc) is 2.82. The molecule has 0 unspecified atom stereocenters. The highest BCUT2D eigenvalue weighted by molar-refractivity contribution is 5.82. The van der Waals surface area contributed by atoms with Gasteiger partial charge in [-0.15, -0.1) is 0 Å². The Balaban J connectivity index is 3.68. The molecule has 0 fully saturated rings. The highest BCUT2D eigenvalue weighted by atomic mass is 16.5. The van der Waals surface area contributed by atoms with Crippen LogP contribution in [-0.2, 0) is 28.7 Å². The molecular weight excluding hydrogens is 438 g/mol. The molecule has 0 aromatic carbocycles. The molecule has 0 spiro atoms. The van der Waals surface area contributed by atoms with Crippen molar-refractivity contribution in [3.05, 3.63) is 0 Å². The van der Waals surface area contributed by atoms with Crippen LogP contribution in [0.1, 0.15) is 97.8 Å². The van der Waals surface area contributed by atoms with Gasteiger partial charge in [0, 0.05) is 31.8 Å². The van der Waals surface area contributed by atoms with Gasteiger partial charge in [-0.25, -0.2) is 0 Å².